The summed E-state index contributed by atoms with van der Waals surface area (Å²) in [6.45, 7) is 1.38. The average Bonchev–Trinajstić information content (AvgIpc) is 3.04. The van der Waals surface area contributed by atoms with Crippen molar-refractivity contribution in [1.82, 2.24) is 14.5 Å². The minimum atomic E-state index is -3.28. The Bertz CT molecular complexity index is 1160. The molecule has 30 heavy (non-hydrogen) atoms. The lowest BCUT2D eigenvalue weighted by Crippen LogP contribution is -2.40. The SMILES string of the molecule is CS(=O)(=O)Cc1nc2ccccc2n1CC(=O)N1CCC(c2ccc(O)cc2)CC1. The smallest absolute Gasteiger partial charge is 0.242 e. The number of benzene rings is 2. The second-order valence-electron chi connectivity index (χ2n) is 7.92. The van der Waals surface area contributed by atoms with Crippen molar-refractivity contribution in [3.05, 3.63) is 59.9 Å². The average molecular weight is 428 g/mol. The van der Waals surface area contributed by atoms with Crippen molar-refractivity contribution in [3.63, 3.8) is 0 Å². The van der Waals surface area contributed by atoms with Gasteiger partial charge < -0.3 is 14.6 Å². The van der Waals surface area contributed by atoms with E-state index in [2.05, 4.69) is 4.98 Å². The monoisotopic (exact) mass is 427 g/mol. The molecule has 0 atom stereocenters. The Kier molecular flexibility index (Phi) is 5.51. The first-order chi connectivity index (χ1) is 14.3. The van der Waals surface area contributed by atoms with Gasteiger partial charge in [0, 0.05) is 19.3 Å². The van der Waals surface area contributed by atoms with Crippen LogP contribution in [0, 0.1) is 0 Å². The number of likely N-dealkylation sites (tertiary alicyclic amines) is 1. The molecule has 0 unspecified atom stereocenters. The molecule has 0 bridgehead atoms. The van der Waals surface area contributed by atoms with Crippen LogP contribution >= 0.6 is 0 Å². The molecule has 1 N–H and O–H groups in total. The van der Waals surface area contributed by atoms with Gasteiger partial charge in [-0.25, -0.2) is 13.4 Å². The van der Waals surface area contributed by atoms with Crippen molar-refractivity contribution < 1.29 is 18.3 Å². The highest BCUT2D eigenvalue weighted by molar-refractivity contribution is 7.89. The Labute approximate surface area is 175 Å². The zero-order chi connectivity index (χ0) is 21.3. The first-order valence-electron chi connectivity index (χ1n) is 9.99. The largest absolute Gasteiger partial charge is 0.508 e. The van der Waals surface area contributed by atoms with E-state index in [1.165, 1.54) is 11.8 Å². The maximum Gasteiger partial charge on any atom is 0.242 e. The molecule has 4 rings (SSSR count). The maximum absolute atomic E-state index is 13.0. The predicted molar refractivity (Wildman–Crippen MR) is 115 cm³/mol. The van der Waals surface area contributed by atoms with Gasteiger partial charge in [0.05, 0.1) is 11.0 Å². The summed E-state index contributed by atoms with van der Waals surface area (Å²) in [6, 6.07) is 14.7. The van der Waals surface area contributed by atoms with Gasteiger partial charge in [-0.1, -0.05) is 24.3 Å². The van der Waals surface area contributed by atoms with Crippen molar-refractivity contribution in [2.24, 2.45) is 0 Å². The van der Waals surface area contributed by atoms with Gasteiger partial charge in [0.15, 0.2) is 9.84 Å². The Morgan fingerprint density at radius 3 is 2.43 bits per heavy atom. The molecular formula is C22H25N3O4S. The molecule has 158 valence electrons. The highest BCUT2D eigenvalue weighted by Gasteiger charge is 2.25. The van der Waals surface area contributed by atoms with Gasteiger partial charge in [0.2, 0.25) is 5.91 Å². The summed E-state index contributed by atoms with van der Waals surface area (Å²) in [4.78, 5) is 19.3. The molecule has 0 radical (unpaired) electrons. The number of carbonyl (C=O) groups excluding carboxylic acids is 1. The standard InChI is InChI=1S/C22H25N3O4S/c1-30(28,29)15-21-23-19-4-2-3-5-20(19)25(21)14-22(27)24-12-10-17(11-13-24)16-6-8-18(26)9-7-16/h2-9,17,26H,10-15H2,1H3. The molecular weight excluding hydrogens is 402 g/mol. The van der Waals surface area contributed by atoms with Crippen molar-refractivity contribution in [3.8, 4) is 5.75 Å². The van der Waals surface area contributed by atoms with Gasteiger partial charge in [0.1, 0.15) is 23.9 Å². The number of imidazole rings is 1. The number of hydrogen-bond donors (Lipinski definition) is 1. The molecule has 0 saturated carbocycles. The number of piperidine rings is 1. The summed E-state index contributed by atoms with van der Waals surface area (Å²) in [5.74, 6) is 0.786. The summed E-state index contributed by atoms with van der Waals surface area (Å²) in [6.07, 6.45) is 2.89. The van der Waals surface area contributed by atoms with Crippen LogP contribution in [-0.4, -0.2) is 53.2 Å². The van der Waals surface area contributed by atoms with E-state index in [1.807, 2.05) is 41.3 Å². The molecule has 1 amide bonds. The third-order valence-corrected chi connectivity index (χ3v) is 6.41. The number of aromatic nitrogens is 2. The Hall–Kier alpha value is -2.87. The highest BCUT2D eigenvalue weighted by Crippen LogP contribution is 2.29. The topological polar surface area (TPSA) is 92.5 Å². The number of nitrogens with zero attached hydrogens (tertiary/aromatic N) is 3. The van der Waals surface area contributed by atoms with Gasteiger partial charge in [-0.15, -0.1) is 0 Å². The first kappa shape index (κ1) is 20.4. The molecule has 2 heterocycles. The molecule has 7 nitrogen and oxygen atoms in total. The third kappa shape index (κ3) is 4.48. The van der Waals surface area contributed by atoms with E-state index in [9.17, 15) is 18.3 Å². The zero-order valence-corrected chi connectivity index (χ0v) is 17.7. The van der Waals surface area contributed by atoms with E-state index < -0.39 is 9.84 Å². The molecule has 0 aliphatic carbocycles. The fourth-order valence-corrected chi connectivity index (χ4v) is 4.78. The molecule has 1 aliphatic heterocycles. The van der Waals surface area contributed by atoms with E-state index >= 15 is 0 Å². The Morgan fingerprint density at radius 1 is 1.10 bits per heavy atom. The third-order valence-electron chi connectivity index (χ3n) is 5.63. The van der Waals surface area contributed by atoms with Crippen LogP contribution in [0.3, 0.4) is 0 Å². The number of amides is 1. The molecule has 1 fully saturated rings. The zero-order valence-electron chi connectivity index (χ0n) is 16.9. The fraction of sp³-hybridized carbons (Fsp3) is 0.364. The van der Waals surface area contributed by atoms with Crippen LogP contribution in [0.5, 0.6) is 5.75 Å². The van der Waals surface area contributed by atoms with Crippen molar-refractivity contribution in [1.29, 1.82) is 0 Å². The van der Waals surface area contributed by atoms with Crippen LogP contribution in [0.25, 0.3) is 11.0 Å². The van der Waals surface area contributed by atoms with E-state index in [0.29, 0.717) is 30.3 Å². The van der Waals surface area contributed by atoms with E-state index in [4.69, 9.17) is 0 Å². The van der Waals surface area contributed by atoms with Gasteiger partial charge in [-0.3, -0.25) is 4.79 Å². The molecule has 1 aliphatic rings. The van der Waals surface area contributed by atoms with E-state index in [0.717, 1.165) is 18.4 Å². The van der Waals surface area contributed by atoms with Crippen LogP contribution in [0.2, 0.25) is 0 Å². The van der Waals surface area contributed by atoms with Crippen LogP contribution in [0.1, 0.15) is 30.1 Å². The molecule has 3 aromatic rings. The number of phenols is 1. The number of para-hydroxylation sites is 2. The summed E-state index contributed by atoms with van der Waals surface area (Å²) in [7, 11) is -3.28. The summed E-state index contributed by atoms with van der Waals surface area (Å²) in [5, 5.41) is 9.46. The quantitative estimate of drug-likeness (QED) is 0.676. The molecule has 8 heteroatoms. The van der Waals surface area contributed by atoms with E-state index in [-0.39, 0.29) is 24.0 Å². The molecule has 2 aromatic carbocycles. The first-order valence-corrected chi connectivity index (χ1v) is 12.0. The number of carbonyl (C=O) groups is 1. The van der Waals surface area contributed by atoms with Crippen LogP contribution < -0.4 is 0 Å². The number of aromatic hydroxyl groups is 1. The van der Waals surface area contributed by atoms with Crippen LogP contribution in [0.15, 0.2) is 48.5 Å². The lowest BCUT2D eigenvalue weighted by molar-refractivity contribution is -0.132. The molecule has 1 saturated heterocycles. The van der Waals surface area contributed by atoms with Gasteiger partial charge >= 0.3 is 0 Å². The number of hydrogen-bond acceptors (Lipinski definition) is 5. The van der Waals surface area contributed by atoms with Gasteiger partial charge in [0.25, 0.3) is 0 Å². The lowest BCUT2D eigenvalue weighted by atomic mass is 9.89. The number of phenolic OH excluding ortho intramolecular Hbond substituents is 1. The second-order valence-corrected chi connectivity index (χ2v) is 10.1. The van der Waals surface area contributed by atoms with Crippen molar-refractivity contribution in [2.45, 2.75) is 31.1 Å². The number of sulfone groups is 1. The van der Waals surface area contributed by atoms with Crippen LogP contribution in [-0.2, 0) is 26.9 Å². The normalized spacial score (nSPS) is 15.6. The summed E-state index contributed by atoms with van der Waals surface area (Å²) in [5.41, 5.74) is 2.63. The minimum Gasteiger partial charge on any atom is -0.508 e. The fourth-order valence-electron chi connectivity index (χ4n) is 4.09. The van der Waals surface area contributed by atoms with Gasteiger partial charge in [-0.05, 0) is 48.6 Å². The Balaban J connectivity index is 1.48. The van der Waals surface area contributed by atoms with Gasteiger partial charge in [-0.2, -0.15) is 0 Å². The predicted octanol–water partition coefficient (Wildman–Crippen LogP) is 2.69. The molecule has 1 aromatic heterocycles. The molecule has 0 spiro atoms. The summed E-state index contributed by atoms with van der Waals surface area (Å²) < 4.78 is 25.4. The minimum absolute atomic E-state index is 0.0305. The highest BCUT2D eigenvalue weighted by atomic mass is 32.2. The number of rotatable bonds is 5. The van der Waals surface area contributed by atoms with Crippen LogP contribution in [0.4, 0.5) is 0 Å². The summed E-state index contributed by atoms with van der Waals surface area (Å²) >= 11 is 0. The van der Waals surface area contributed by atoms with Crippen molar-refractivity contribution in [2.75, 3.05) is 19.3 Å². The lowest BCUT2D eigenvalue weighted by Gasteiger charge is -2.32. The maximum atomic E-state index is 13.0. The Morgan fingerprint density at radius 2 is 1.77 bits per heavy atom. The van der Waals surface area contributed by atoms with Crippen molar-refractivity contribution >= 4 is 26.8 Å². The second kappa shape index (κ2) is 8.10. The number of fused-ring (bicyclic) bond motifs is 1. The van der Waals surface area contributed by atoms with E-state index in [1.54, 1.807) is 16.7 Å².